The molecule has 0 aliphatic carbocycles. The van der Waals surface area contributed by atoms with E-state index in [1.807, 2.05) is 0 Å². The van der Waals surface area contributed by atoms with Crippen LogP contribution in [-0.4, -0.2) is 14.6 Å². The first-order valence-electron chi connectivity index (χ1n) is 7.72. The van der Waals surface area contributed by atoms with E-state index in [2.05, 4.69) is 81.3 Å². The molecule has 0 bridgehead atoms. The molecular weight excluding hydrogens is 334 g/mol. The third kappa shape index (κ3) is 2.20. The zero-order valence-electron chi connectivity index (χ0n) is 12.7. The van der Waals surface area contributed by atoms with Crippen LogP contribution in [0.2, 0.25) is 0 Å². The smallest absolute Gasteiger partial charge is 0.217 e. The largest absolute Gasteiger partial charge is 0.260 e. The van der Waals surface area contributed by atoms with Gasteiger partial charge >= 0.3 is 0 Å². The van der Waals surface area contributed by atoms with Crippen LogP contribution in [0.25, 0.3) is 25.9 Å². The van der Waals surface area contributed by atoms with Crippen LogP contribution in [0.15, 0.2) is 71.9 Å². The molecule has 0 spiro atoms. The number of hydrogen-bond donors (Lipinski definition) is 0. The SMILES string of the molecule is c1ccc2c(CSc3nnc4sc5ccccc5n34)cccc2c1. The fourth-order valence-corrected chi connectivity index (χ4v) is 4.98. The highest BCUT2D eigenvalue weighted by molar-refractivity contribution is 7.98. The van der Waals surface area contributed by atoms with E-state index in [4.69, 9.17) is 0 Å². The molecule has 3 aromatic carbocycles. The van der Waals surface area contributed by atoms with Crippen molar-refractivity contribution in [1.82, 2.24) is 14.6 Å². The molecule has 5 rings (SSSR count). The number of fused-ring (bicyclic) bond motifs is 4. The highest BCUT2D eigenvalue weighted by Crippen LogP contribution is 2.32. The first-order valence-corrected chi connectivity index (χ1v) is 9.52. The van der Waals surface area contributed by atoms with Gasteiger partial charge in [0, 0.05) is 5.75 Å². The first kappa shape index (κ1) is 14.0. The molecule has 0 atom stereocenters. The van der Waals surface area contributed by atoms with Gasteiger partial charge in [-0.2, -0.15) is 0 Å². The molecule has 0 amide bonds. The van der Waals surface area contributed by atoms with E-state index >= 15 is 0 Å². The van der Waals surface area contributed by atoms with Crippen LogP contribution in [-0.2, 0) is 5.75 Å². The third-order valence-electron chi connectivity index (χ3n) is 4.15. The predicted molar refractivity (Wildman–Crippen MR) is 102 cm³/mol. The topological polar surface area (TPSA) is 30.2 Å². The Labute approximate surface area is 147 Å². The molecule has 0 aliphatic heterocycles. The summed E-state index contributed by atoms with van der Waals surface area (Å²) in [7, 11) is 0. The summed E-state index contributed by atoms with van der Waals surface area (Å²) in [5, 5.41) is 12.3. The van der Waals surface area contributed by atoms with Crippen molar-refractivity contribution in [3.63, 3.8) is 0 Å². The van der Waals surface area contributed by atoms with Crippen LogP contribution in [0.3, 0.4) is 0 Å². The summed E-state index contributed by atoms with van der Waals surface area (Å²) in [6.07, 6.45) is 0. The van der Waals surface area contributed by atoms with E-state index in [-0.39, 0.29) is 0 Å². The number of benzene rings is 3. The van der Waals surface area contributed by atoms with E-state index < -0.39 is 0 Å². The second kappa shape index (κ2) is 5.61. The van der Waals surface area contributed by atoms with Crippen LogP contribution in [0.4, 0.5) is 0 Å². The highest BCUT2D eigenvalue weighted by atomic mass is 32.2. The Balaban J connectivity index is 1.55. The number of hydrogen-bond acceptors (Lipinski definition) is 4. The number of rotatable bonds is 3. The van der Waals surface area contributed by atoms with E-state index in [9.17, 15) is 0 Å². The lowest BCUT2D eigenvalue weighted by molar-refractivity contribution is 0.941. The summed E-state index contributed by atoms with van der Waals surface area (Å²) in [6, 6.07) is 23.4. The highest BCUT2D eigenvalue weighted by Gasteiger charge is 2.13. The summed E-state index contributed by atoms with van der Waals surface area (Å²) in [5.41, 5.74) is 2.51. The molecule has 2 heterocycles. The monoisotopic (exact) mass is 347 g/mol. The molecule has 3 nitrogen and oxygen atoms in total. The molecule has 0 saturated heterocycles. The fraction of sp³-hybridized carbons (Fsp3) is 0.0526. The molecule has 116 valence electrons. The Bertz CT molecular complexity index is 1170. The Morgan fingerprint density at radius 2 is 1.71 bits per heavy atom. The van der Waals surface area contributed by atoms with Gasteiger partial charge in [-0.15, -0.1) is 10.2 Å². The maximum absolute atomic E-state index is 4.39. The minimum Gasteiger partial charge on any atom is -0.260 e. The summed E-state index contributed by atoms with van der Waals surface area (Å²) in [4.78, 5) is 0.955. The van der Waals surface area contributed by atoms with Gasteiger partial charge in [0.2, 0.25) is 4.96 Å². The van der Waals surface area contributed by atoms with E-state index in [1.165, 1.54) is 26.6 Å². The Kier molecular flexibility index (Phi) is 3.28. The summed E-state index contributed by atoms with van der Waals surface area (Å²) >= 11 is 3.42. The van der Waals surface area contributed by atoms with Crippen molar-refractivity contribution in [2.24, 2.45) is 0 Å². The quantitative estimate of drug-likeness (QED) is 0.410. The lowest BCUT2D eigenvalue weighted by atomic mass is 10.1. The average Bonchev–Trinajstić information content (AvgIpc) is 3.19. The van der Waals surface area contributed by atoms with Gasteiger partial charge in [-0.05, 0) is 28.5 Å². The van der Waals surface area contributed by atoms with Crippen LogP contribution >= 0.6 is 23.1 Å². The van der Waals surface area contributed by atoms with Crippen molar-refractivity contribution in [2.75, 3.05) is 0 Å². The molecule has 5 heteroatoms. The number of thioether (sulfide) groups is 1. The lowest BCUT2D eigenvalue weighted by Gasteiger charge is -2.05. The normalized spacial score (nSPS) is 11.7. The maximum atomic E-state index is 4.39. The van der Waals surface area contributed by atoms with Gasteiger partial charge in [-0.3, -0.25) is 4.40 Å². The zero-order chi connectivity index (χ0) is 15.9. The van der Waals surface area contributed by atoms with E-state index in [0.717, 1.165) is 15.9 Å². The number of aromatic nitrogens is 3. The number of para-hydroxylation sites is 1. The van der Waals surface area contributed by atoms with Gasteiger partial charge in [-0.25, -0.2) is 0 Å². The molecular formula is C19H13N3S2. The van der Waals surface area contributed by atoms with Gasteiger partial charge in [0.05, 0.1) is 10.2 Å². The summed E-state index contributed by atoms with van der Waals surface area (Å²) in [6.45, 7) is 0. The van der Waals surface area contributed by atoms with E-state index in [0.29, 0.717) is 0 Å². The fourth-order valence-electron chi connectivity index (χ4n) is 3.01. The summed E-state index contributed by atoms with van der Waals surface area (Å²) in [5.74, 6) is 0.881. The molecule has 2 aromatic heterocycles. The standard InChI is InChI=1S/C19H13N3S2/c1-2-9-15-13(6-1)7-5-8-14(15)12-23-18-20-21-19-22(18)16-10-3-4-11-17(16)24-19/h1-11H,12H2. The van der Waals surface area contributed by atoms with Crippen molar-refractivity contribution in [3.8, 4) is 0 Å². The van der Waals surface area contributed by atoms with Gasteiger partial charge < -0.3 is 0 Å². The molecule has 0 saturated carbocycles. The number of nitrogens with zero attached hydrogens (tertiary/aromatic N) is 3. The second-order valence-corrected chi connectivity index (χ2v) is 7.55. The van der Waals surface area contributed by atoms with Crippen molar-refractivity contribution in [2.45, 2.75) is 10.9 Å². The Morgan fingerprint density at radius 3 is 2.71 bits per heavy atom. The van der Waals surface area contributed by atoms with Crippen LogP contribution < -0.4 is 0 Å². The number of thiazole rings is 1. The molecule has 0 N–H and O–H groups in total. The summed E-state index contributed by atoms with van der Waals surface area (Å²) < 4.78 is 3.41. The Hall–Kier alpha value is -2.37. The first-order chi connectivity index (χ1) is 11.9. The van der Waals surface area contributed by atoms with Gasteiger partial charge in [-0.1, -0.05) is 77.7 Å². The van der Waals surface area contributed by atoms with Crippen molar-refractivity contribution in [3.05, 3.63) is 72.3 Å². The van der Waals surface area contributed by atoms with Crippen molar-refractivity contribution in [1.29, 1.82) is 0 Å². The second-order valence-electron chi connectivity index (χ2n) is 5.60. The van der Waals surface area contributed by atoms with Gasteiger partial charge in [0.25, 0.3) is 0 Å². The molecule has 0 radical (unpaired) electrons. The Morgan fingerprint density at radius 1 is 0.875 bits per heavy atom. The molecule has 24 heavy (non-hydrogen) atoms. The molecule has 5 aromatic rings. The van der Waals surface area contributed by atoms with Crippen molar-refractivity contribution < 1.29 is 0 Å². The van der Waals surface area contributed by atoms with Crippen LogP contribution in [0, 0.1) is 0 Å². The van der Waals surface area contributed by atoms with Crippen LogP contribution in [0.1, 0.15) is 5.56 Å². The molecule has 0 aliphatic rings. The maximum Gasteiger partial charge on any atom is 0.217 e. The minimum absolute atomic E-state index is 0.881. The lowest BCUT2D eigenvalue weighted by Crippen LogP contribution is -1.88. The third-order valence-corrected chi connectivity index (χ3v) is 6.14. The van der Waals surface area contributed by atoms with E-state index in [1.54, 1.807) is 23.1 Å². The molecule has 0 fully saturated rings. The predicted octanol–water partition coefficient (Wildman–Crippen LogP) is 5.39. The zero-order valence-corrected chi connectivity index (χ0v) is 14.3. The van der Waals surface area contributed by atoms with Crippen molar-refractivity contribution >= 4 is 49.0 Å². The van der Waals surface area contributed by atoms with Crippen LogP contribution in [0.5, 0.6) is 0 Å². The van der Waals surface area contributed by atoms with Gasteiger partial charge in [0.1, 0.15) is 0 Å². The van der Waals surface area contributed by atoms with Gasteiger partial charge in [0.15, 0.2) is 5.16 Å². The minimum atomic E-state index is 0.881. The average molecular weight is 347 g/mol. The molecule has 0 unspecified atom stereocenters.